The zero-order chi connectivity index (χ0) is 19.1. The molecule has 1 aromatic carbocycles. The van der Waals surface area contributed by atoms with Gasteiger partial charge in [-0.3, -0.25) is 14.5 Å². The highest BCUT2D eigenvalue weighted by atomic mass is 79.9. The molecule has 1 amide bonds. The molecule has 3 heterocycles. The van der Waals surface area contributed by atoms with Crippen LogP contribution in [-0.2, 0) is 4.79 Å². The number of benzene rings is 1. The molecule has 3 aromatic rings. The number of aliphatic hydroxyl groups is 1. The lowest BCUT2D eigenvalue weighted by atomic mass is 9.95. The van der Waals surface area contributed by atoms with Crippen molar-refractivity contribution in [3.05, 3.63) is 74.8 Å². The first kappa shape index (κ1) is 17.6. The number of aromatic nitrogens is 2. The summed E-state index contributed by atoms with van der Waals surface area (Å²) in [7, 11) is 0. The van der Waals surface area contributed by atoms with Crippen molar-refractivity contribution in [1.82, 2.24) is 10.2 Å². The molecule has 27 heavy (non-hydrogen) atoms. The second-order valence-corrected chi connectivity index (χ2v) is 7.49. The van der Waals surface area contributed by atoms with Crippen LogP contribution in [0.5, 0.6) is 0 Å². The highest BCUT2D eigenvalue weighted by Gasteiger charge is 2.47. The molecule has 1 N–H and O–H groups in total. The maximum atomic E-state index is 13.1. The van der Waals surface area contributed by atoms with E-state index in [1.54, 1.807) is 31.2 Å². The van der Waals surface area contributed by atoms with E-state index in [-0.39, 0.29) is 16.5 Å². The SMILES string of the molecule is Cc1ccc(C(=O)C2=C(O)C(=O)N(c3nncs3)C2c2ccccc2Br)o1. The van der Waals surface area contributed by atoms with E-state index in [0.29, 0.717) is 15.8 Å². The fraction of sp³-hybridized carbons (Fsp3) is 0.111. The minimum absolute atomic E-state index is 0.0537. The van der Waals surface area contributed by atoms with Gasteiger partial charge in [0.25, 0.3) is 5.91 Å². The lowest BCUT2D eigenvalue weighted by molar-refractivity contribution is -0.117. The first-order valence-corrected chi connectivity index (χ1v) is 9.54. The van der Waals surface area contributed by atoms with Gasteiger partial charge in [-0.25, -0.2) is 0 Å². The number of ketones is 1. The number of aliphatic hydroxyl groups excluding tert-OH is 1. The lowest BCUT2D eigenvalue weighted by Gasteiger charge is -2.24. The summed E-state index contributed by atoms with van der Waals surface area (Å²) in [4.78, 5) is 27.2. The number of aryl methyl sites for hydroxylation is 1. The highest BCUT2D eigenvalue weighted by Crippen LogP contribution is 2.44. The van der Waals surface area contributed by atoms with Crippen molar-refractivity contribution in [1.29, 1.82) is 0 Å². The van der Waals surface area contributed by atoms with Gasteiger partial charge in [-0.05, 0) is 30.7 Å². The van der Waals surface area contributed by atoms with Crippen LogP contribution < -0.4 is 4.90 Å². The number of anilines is 1. The molecule has 1 aliphatic rings. The molecule has 0 saturated carbocycles. The van der Waals surface area contributed by atoms with Crippen molar-refractivity contribution < 1.29 is 19.1 Å². The number of amides is 1. The Balaban J connectivity index is 1.90. The topological polar surface area (TPSA) is 96.5 Å². The maximum absolute atomic E-state index is 13.1. The first-order valence-electron chi connectivity index (χ1n) is 7.87. The molecule has 2 aromatic heterocycles. The Morgan fingerprint density at radius 3 is 2.70 bits per heavy atom. The van der Waals surface area contributed by atoms with Crippen molar-refractivity contribution in [2.24, 2.45) is 0 Å². The molecule has 1 unspecified atom stereocenters. The smallest absolute Gasteiger partial charge is 0.296 e. The highest BCUT2D eigenvalue weighted by molar-refractivity contribution is 9.10. The molecule has 7 nitrogen and oxygen atoms in total. The number of carbonyl (C=O) groups is 2. The van der Waals surface area contributed by atoms with Crippen molar-refractivity contribution in [3.63, 3.8) is 0 Å². The molecule has 136 valence electrons. The summed E-state index contributed by atoms with van der Waals surface area (Å²) < 4.78 is 6.11. The van der Waals surface area contributed by atoms with Gasteiger partial charge in [0.05, 0.1) is 11.6 Å². The Labute approximate surface area is 166 Å². The zero-order valence-corrected chi connectivity index (χ0v) is 16.3. The Hall–Kier alpha value is -2.78. The van der Waals surface area contributed by atoms with Gasteiger partial charge in [0.2, 0.25) is 10.9 Å². The van der Waals surface area contributed by atoms with E-state index in [1.165, 1.54) is 16.5 Å². The van der Waals surface area contributed by atoms with Gasteiger partial charge < -0.3 is 9.52 Å². The average Bonchev–Trinajstić information content (AvgIpc) is 3.37. The number of rotatable bonds is 4. The van der Waals surface area contributed by atoms with Gasteiger partial charge in [-0.15, -0.1) is 10.2 Å². The second-order valence-electron chi connectivity index (χ2n) is 5.82. The normalized spacial score (nSPS) is 17.0. The molecule has 0 aliphatic carbocycles. The Kier molecular flexibility index (Phi) is 4.40. The minimum atomic E-state index is -0.862. The summed E-state index contributed by atoms with van der Waals surface area (Å²) in [6.07, 6.45) is 0. The third-order valence-electron chi connectivity index (χ3n) is 4.17. The zero-order valence-electron chi connectivity index (χ0n) is 13.9. The predicted octanol–water partition coefficient (Wildman–Crippen LogP) is 3.98. The number of nitrogens with zero attached hydrogens (tertiary/aromatic N) is 3. The van der Waals surface area contributed by atoms with Gasteiger partial charge in [-0.1, -0.05) is 45.5 Å². The van der Waals surface area contributed by atoms with Gasteiger partial charge in [0.15, 0.2) is 11.5 Å². The fourth-order valence-corrected chi connectivity index (χ4v) is 4.07. The summed E-state index contributed by atoms with van der Waals surface area (Å²) in [5.41, 5.74) is 2.06. The molecule has 9 heteroatoms. The first-order chi connectivity index (χ1) is 13.0. The largest absolute Gasteiger partial charge is 0.503 e. The Bertz CT molecular complexity index is 1070. The summed E-state index contributed by atoms with van der Waals surface area (Å²) in [6.45, 7) is 1.71. The number of hydrogen-bond donors (Lipinski definition) is 1. The summed E-state index contributed by atoms with van der Waals surface area (Å²) in [5.74, 6) is -1.27. The van der Waals surface area contributed by atoms with Crippen molar-refractivity contribution in [2.45, 2.75) is 13.0 Å². The van der Waals surface area contributed by atoms with E-state index in [1.807, 2.05) is 6.07 Å². The van der Waals surface area contributed by atoms with Crippen LogP contribution in [0.15, 0.2) is 62.1 Å². The molecule has 0 bridgehead atoms. The van der Waals surface area contributed by atoms with Crippen LogP contribution in [0.3, 0.4) is 0 Å². The third-order valence-corrected chi connectivity index (χ3v) is 5.58. The number of halogens is 1. The lowest BCUT2D eigenvalue weighted by Crippen LogP contribution is -2.31. The van der Waals surface area contributed by atoms with Gasteiger partial charge in [-0.2, -0.15) is 0 Å². The van der Waals surface area contributed by atoms with E-state index in [0.717, 1.165) is 11.3 Å². The standard InChI is InChI=1S/C18H12BrN3O4S/c1-9-6-7-12(26-9)15(23)13-14(10-4-2-3-5-11(10)19)22(17(25)16(13)24)18-21-20-8-27-18/h2-8,14,24H,1H3. The van der Waals surface area contributed by atoms with Crippen LogP contribution in [0.4, 0.5) is 5.13 Å². The quantitative estimate of drug-likeness (QED) is 0.609. The number of furan rings is 1. The van der Waals surface area contributed by atoms with Crippen LogP contribution in [0, 0.1) is 6.92 Å². The van der Waals surface area contributed by atoms with Crippen LogP contribution in [0.25, 0.3) is 0 Å². The maximum Gasteiger partial charge on any atom is 0.296 e. The number of hydrogen-bond acceptors (Lipinski definition) is 7. The Morgan fingerprint density at radius 1 is 1.30 bits per heavy atom. The van der Waals surface area contributed by atoms with E-state index >= 15 is 0 Å². The molecule has 1 atom stereocenters. The third kappa shape index (κ3) is 2.88. The van der Waals surface area contributed by atoms with Gasteiger partial charge >= 0.3 is 0 Å². The Morgan fingerprint density at radius 2 is 2.07 bits per heavy atom. The average molecular weight is 446 g/mol. The fourth-order valence-electron chi connectivity index (χ4n) is 2.99. The van der Waals surface area contributed by atoms with Crippen molar-refractivity contribution in [2.75, 3.05) is 4.90 Å². The predicted molar refractivity (Wildman–Crippen MR) is 102 cm³/mol. The molecule has 0 spiro atoms. The van der Waals surface area contributed by atoms with E-state index in [4.69, 9.17) is 4.42 Å². The number of Topliss-reactive ketones (excluding diaryl/α,β-unsaturated/α-hetero) is 1. The van der Waals surface area contributed by atoms with Crippen LogP contribution in [0.2, 0.25) is 0 Å². The molecular formula is C18H12BrN3O4S. The van der Waals surface area contributed by atoms with Crippen LogP contribution in [-0.4, -0.2) is 27.0 Å². The van der Waals surface area contributed by atoms with E-state index in [2.05, 4.69) is 26.1 Å². The molecule has 4 rings (SSSR count). The van der Waals surface area contributed by atoms with Gasteiger partial charge in [0.1, 0.15) is 11.3 Å². The minimum Gasteiger partial charge on any atom is -0.503 e. The molecule has 0 fully saturated rings. The number of carbonyl (C=O) groups excluding carboxylic acids is 2. The molecular weight excluding hydrogens is 434 g/mol. The van der Waals surface area contributed by atoms with Crippen molar-refractivity contribution >= 4 is 44.1 Å². The van der Waals surface area contributed by atoms with E-state index in [9.17, 15) is 14.7 Å². The monoisotopic (exact) mass is 445 g/mol. The van der Waals surface area contributed by atoms with Crippen LogP contribution >= 0.6 is 27.3 Å². The van der Waals surface area contributed by atoms with Crippen LogP contribution in [0.1, 0.15) is 27.9 Å². The summed E-state index contributed by atoms with van der Waals surface area (Å²) in [6, 6.07) is 9.49. The molecule has 0 saturated heterocycles. The van der Waals surface area contributed by atoms with Gasteiger partial charge in [0, 0.05) is 4.47 Å². The second kappa shape index (κ2) is 6.75. The summed E-state index contributed by atoms with van der Waals surface area (Å²) >= 11 is 4.60. The van der Waals surface area contributed by atoms with Crippen molar-refractivity contribution in [3.8, 4) is 0 Å². The van der Waals surface area contributed by atoms with E-state index < -0.39 is 23.5 Å². The summed E-state index contributed by atoms with van der Waals surface area (Å²) in [5, 5.41) is 18.6. The molecule has 1 aliphatic heterocycles. The molecule has 0 radical (unpaired) electrons.